The molecule has 0 radical (unpaired) electrons. The van der Waals surface area contributed by atoms with Gasteiger partial charge in [0, 0.05) is 23.5 Å². The summed E-state index contributed by atoms with van der Waals surface area (Å²) in [5.41, 5.74) is 3.38. The fourth-order valence-electron chi connectivity index (χ4n) is 3.31. The standard InChI is InChI=1S/C24H23N3O5S/c1-30-20-10-7-17(14-22(20)31-2)19-15-33-24(29)27(26-19)12-11-16-5-8-18(9-6-16)25-23(28)21-4-3-13-32-21/h3-10,13-14H,11-12,15H2,1-2H3,(H,25,28). The van der Waals surface area contributed by atoms with Crippen LogP contribution < -0.4 is 14.8 Å². The van der Waals surface area contributed by atoms with Crippen molar-refractivity contribution >= 4 is 34.3 Å². The molecule has 1 N–H and O–H groups in total. The van der Waals surface area contributed by atoms with Gasteiger partial charge in [0.2, 0.25) is 0 Å². The number of furan rings is 1. The molecule has 0 fully saturated rings. The summed E-state index contributed by atoms with van der Waals surface area (Å²) in [4.78, 5) is 24.5. The van der Waals surface area contributed by atoms with Crippen molar-refractivity contribution in [1.29, 1.82) is 0 Å². The highest BCUT2D eigenvalue weighted by Gasteiger charge is 2.22. The fourth-order valence-corrected chi connectivity index (χ4v) is 4.07. The van der Waals surface area contributed by atoms with Gasteiger partial charge in [0.25, 0.3) is 5.91 Å². The molecule has 33 heavy (non-hydrogen) atoms. The van der Waals surface area contributed by atoms with E-state index in [2.05, 4.69) is 10.4 Å². The van der Waals surface area contributed by atoms with Crippen LogP contribution in [0.4, 0.5) is 10.5 Å². The molecule has 0 saturated carbocycles. The van der Waals surface area contributed by atoms with Gasteiger partial charge < -0.3 is 19.2 Å². The molecule has 2 aromatic carbocycles. The molecule has 1 aliphatic heterocycles. The first kappa shape index (κ1) is 22.5. The number of anilines is 1. The average Bonchev–Trinajstić information content (AvgIpc) is 3.39. The van der Waals surface area contributed by atoms with Crippen molar-refractivity contribution in [2.45, 2.75) is 6.42 Å². The first-order valence-corrected chi connectivity index (χ1v) is 11.2. The molecule has 0 unspecified atom stereocenters. The van der Waals surface area contributed by atoms with Crippen LogP contribution in [0.25, 0.3) is 0 Å². The Balaban J connectivity index is 1.40. The second kappa shape index (κ2) is 10.3. The zero-order valence-corrected chi connectivity index (χ0v) is 19.1. The topological polar surface area (TPSA) is 93.4 Å². The molecule has 0 bridgehead atoms. The number of carbonyl (C=O) groups excluding carboxylic acids is 2. The van der Waals surface area contributed by atoms with Gasteiger partial charge in [0.05, 0.1) is 26.2 Å². The second-order valence-corrected chi connectivity index (χ2v) is 8.10. The second-order valence-electron chi connectivity index (χ2n) is 7.17. The number of thioether (sulfide) groups is 1. The molecular formula is C24H23N3O5S. The highest BCUT2D eigenvalue weighted by atomic mass is 32.2. The van der Waals surface area contributed by atoms with Gasteiger partial charge in [-0.05, 0) is 54.4 Å². The van der Waals surface area contributed by atoms with Gasteiger partial charge in [-0.2, -0.15) is 5.10 Å². The lowest BCUT2D eigenvalue weighted by Crippen LogP contribution is -2.31. The first-order valence-electron chi connectivity index (χ1n) is 10.3. The lowest BCUT2D eigenvalue weighted by atomic mass is 10.1. The van der Waals surface area contributed by atoms with Crippen LogP contribution in [0.3, 0.4) is 0 Å². The molecule has 1 aromatic heterocycles. The number of amides is 2. The van der Waals surface area contributed by atoms with Crippen LogP contribution in [0.5, 0.6) is 11.5 Å². The molecule has 2 amide bonds. The lowest BCUT2D eigenvalue weighted by Gasteiger charge is -2.23. The number of methoxy groups -OCH3 is 2. The molecule has 0 atom stereocenters. The number of benzene rings is 2. The van der Waals surface area contributed by atoms with Gasteiger partial charge in [-0.15, -0.1) is 0 Å². The van der Waals surface area contributed by atoms with Gasteiger partial charge >= 0.3 is 5.24 Å². The molecule has 9 heteroatoms. The Labute approximate surface area is 195 Å². The third-order valence-corrected chi connectivity index (χ3v) is 5.95. The number of rotatable bonds is 8. The first-order chi connectivity index (χ1) is 16.1. The van der Waals surface area contributed by atoms with Crippen molar-refractivity contribution in [1.82, 2.24) is 5.01 Å². The highest BCUT2D eigenvalue weighted by molar-refractivity contribution is 8.14. The van der Waals surface area contributed by atoms with E-state index < -0.39 is 0 Å². The van der Waals surface area contributed by atoms with E-state index in [1.807, 2.05) is 42.5 Å². The molecule has 2 heterocycles. The van der Waals surface area contributed by atoms with Crippen molar-refractivity contribution in [3.8, 4) is 11.5 Å². The van der Waals surface area contributed by atoms with Gasteiger partial charge in [0.1, 0.15) is 0 Å². The third kappa shape index (κ3) is 5.38. The van der Waals surface area contributed by atoms with Gasteiger partial charge in [0.15, 0.2) is 17.3 Å². The largest absolute Gasteiger partial charge is 0.493 e. The molecule has 1 aliphatic rings. The van der Waals surface area contributed by atoms with Crippen LogP contribution in [-0.2, 0) is 6.42 Å². The highest BCUT2D eigenvalue weighted by Crippen LogP contribution is 2.29. The summed E-state index contributed by atoms with van der Waals surface area (Å²) in [6, 6.07) is 16.3. The van der Waals surface area contributed by atoms with Crippen molar-refractivity contribution in [2.24, 2.45) is 5.10 Å². The normalized spacial score (nSPS) is 13.5. The Morgan fingerprint density at radius 1 is 1.12 bits per heavy atom. The average molecular weight is 466 g/mol. The van der Waals surface area contributed by atoms with E-state index in [4.69, 9.17) is 13.9 Å². The molecule has 170 valence electrons. The number of nitrogens with zero attached hydrogens (tertiary/aromatic N) is 2. The van der Waals surface area contributed by atoms with E-state index in [1.54, 1.807) is 26.4 Å². The minimum absolute atomic E-state index is 0.0819. The summed E-state index contributed by atoms with van der Waals surface area (Å²) in [5.74, 6) is 1.70. The Morgan fingerprint density at radius 3 is 2.61 bits per heavy atom. The van der Waals surface area contributed by atoms with Crippen LogP contribution in [0.1, 0.15) is 21.7 Å². The zero-order valence-electron chi connectivity index (χ0n) is 18.2. The van der Waals surface area contributed by atoms with Crippen LogP contribution >= 0.6 is 11.8 Å². The SMILES string of the molecule is COc1ccc(C2=NN(CCc3ccc(NC(=O)c4ccco4)cc3)C(=O)SC2)cc1OC. The van der Waals surface area contributed by atoms with Gasteiger partial charge in [-0.25, -0.2) is 5.01 Å². The van der Waals surface area contributed by atoms with Gasteiger partial charge in [-0.3, -0.25) is 9.59 Å². The maximum atomic E-state index is 12.4. The zero-order chi connectivity index (χ0) is 23.2. The summed E-state index contributed by atoms with van der Waals surface area (Å²) >= 11 is 1.22. The molecule has 8 nitrogen and oxygen atoms in total. The molecule has 0 spiro atoms. The molecule has 0 saturated heterocycles. The van der Waals surface area contributed by atoms with Gasteiger partial charge in [-0.1, -0.05) is 23.9 Å². The van der Waals surface area contributed by atoms with Crippen molar-refractivity contribution in [3.63, 3.8) is 0 Å². The summed E-state index contributed by atoms with van der Waals surface area (Å²) in [6.07, 6.45) is 2.08. The summed E-state index contributed by atoms with van der Waals surface area (Å²) in [6.45, 7) is 0.445. The van der Waals surface area contributed by atoms with E-state index in [1.165, 1.54) is 23.0 Å². The van der Waals surface area contributed by atoms with Crippen LogP contribution in [0.15, 0.2) is 70.4 Å². The lowest BCUT2D eigenvalue weighted by molar-refractivity contribution is 0.0996. The Hall–Kier alpha value is -3.72. The molecular weight excluding hydrogens is 442 g/mol. The van der Waals surface area contributed by atoms with Crippen molar-refractivity contribution in [3.05, 3.63) is 77.7 Å². The number of hydrogen-bond donors (Lipinski definition) is 1. The predicted molar refractivity (Wildman–Crippen MR) is 127 cm³/mol. The Morgan fingerprint density at radius 2 is 1.91 bits per heavy atom. The minimum atomic E-state index is -0.305. The maximum Gasteiger partial charge on any atom is 0.302 e. The maximum absolute atomic E-state index is 12.4. The number of hydrogen-bond acceptors (Lipinski definition) is 7. The van der Waals surface area contributed by atoms with Crippen molar-refractivity contribution in [2.75, 3.05) is 31.8 Å². The number of nitrogens with one attached hydrogen (secondary N) is 1. The number of ether oxygens (including phenoxy) is 2. The number of carbonyl (C=O) groups is 2. The summed E-state index contributed by atoms with van der Waals surface area (Å²) < 4.78 is 15.8. The van der Waals surface area contributed by atoms with Crippen molar-refractivity contribution < 1.29 is 23.5 Å². The molecule has 3 aromatic rings. The smallest absolute Gasteiger partial charge is 0.302 e. The Kier molecular flexibility index (Phi) is 6.99. The third-order valence-electron chi connectivity index (χ3n) is 5.07. The Bertz CT molecular complexity index is 1160. The van der Waals surface area contributed by atoms with E-state index in [0.717, 1.165) is 16.8 Å². The van der Waals surface area contributed by atoms with Crippen LogP contribution in [-0.4, -0.2) is 48.4 Å². The summed E-state index contributed by atoms with van der Waals surface area (Å²) in [7, 11) is 3.17. The quantitative estimate of drug-likeness (QED) is 0.520. The van der Waals surface area contributed by atoms with E-state index in [-0.39, 0.29) is 16.9 Å². The van der Waals surface area contributed by atoms with E-state index in [0.29, 0.717) is 35.9 Å². The van der Waals surface area contributed by atoms with E-state index in [9.17, 15) is 9.59 Å². The monoisotopic (exact) mass is 465 g/mol. The van der Waals surface area contributed by atoms with E-state index >= 15 is 0 Å². The molecule has 0 aliphatic carbocycles. The number of hydrazone groups is 1. The predicted octanol–water partition coefficient (Wildman–Crippen LogP) is 4.66. The van der Waals surface area contributed by atoms with Crippen LogP contribution in [0.2, 0.25) is 0 Å². The minimum Gasteiger partial charge on any atom is -0.493 e. The molecule has 4 rings (SSSR count). The summed E-state index contributed by atoms with van der Waals surface area (Å²) in [5, 5.41) is 8.78. The van der Waals surface area contributed by atoms with Crippen LogP contribution in [0, 0.1) is 0 Å². The fraction of sp³-hybridized carbons (Fsp3) is 0.208.